The molecule has 5 nitrogen and oxygen atoms in total. The van der Waals surface area contributed by atoms with E-state index in [0.29, 0.717) is 42.4 Å². The van der Waals surface area contributed by atoms with Gasteiger partial charge in [0.1, 0.15) is 6.61 Å². The van der Waals surface area contributed by atoms with Crippen molar-refractivity contribution in [2.24, 2.45) is 0 Å². The van der Waals surface area contributed by atoms with E-state index in [2.05, 4.69) is 52.4 Å². The highest BCUT2D eigenvalue weighted by atomic mass is 79.9. The molecule has 162 valence electrons. The molecule has 3 rings (SSSR count). The van der Waals surface area contributed by atoms with Gasteiger partial charge >= 0.3 is 5.97 Å². The first-order valence-corrected chi connectivity index (χ1v) is 10.9. The van der Waals surface area contributed by atoms with Crippen LogP contribution in [0, 0.1) is 13.8 Å². The smallest absolute Gasteiger partial charge is 0.336 e. The van der Waals surface area contributed by atoms with Gasteiger partial charge in [0.2, 0.25) is 0 Å². The molecule has 6 heteroatoms. The van der Waals surface area contributed by atoms with E-state index in [1.165, 1.54) is 5.56 Å². The number of carboxylic acid groups (broad SMARTS) is 1. The molecule has 0 radical (unpaired) electrons. The monoisotopic (exact) mass is 483 g/mol. The zero-order chi connectivity index (χ0) is 22.4. The van der Waals surface area contributed by atoms with Crippen molar-refractivity contribution in [3.8, 4) is 11.5 Å². The highest BCUT2D eigenvalue weighted by molar-refractivity contribution is 9.10. The number of ether oxygens (including phenoxy) is 2. The average molecular weight is 484 g/mol. The highest BCUT2D eigenvalue weighted by Gasteiger charge is 2.13. The summed E-state index contributed by atoms with van der Waals surface area (Å²) in [4.78, 5) is 11.4. The molecule has 0 amide bonds. The Bertz CT molecular complexity index is 1060. The maximum absolute atomic E-state index is 11.4. The largest absolute Gasteiger partial charge is 0.490 e. The molecule has 0 saturated heterocycles. The van der Waals surface area contributed by atoms with Crippen LogP contribution in [0.3, 0.4) is 0 Å². The Morgan fingerprint density at radius 3 is 2.42 bits per heavy atom. The first-order valence-electron chi connectivity index (χ1n) is 10.1. The number of carboxylic acids is 1. The number of benzene rings is 3. The number of hydrogen-bond donors (Lipinski definition) is 2. The summed E-state index contributed by atoms with van der Waals surface area (Å²) in [5.41, 5.74) is 5.05. The van der Waals surface area contributed by atoms with Crippen molar-refractivity contribution in [2.75, 3.05) is 11.9 Å². The number of halogens is 1. The van der Waals surface area contributed by atoms with E-state index in [1.807, 2.05) is 25.1 Å². The molecule has 31 heavy (non-hydrogen) atoms. The minimum absolute atomic E-state index is 0.291. The van der Waals surface area contributed by atoms with Crippen molar-refractivity contribution < 1.29 is 19.4 Å². The number of nitrogens with one attached hydrogen (secondary N) is 1. The summed E-state index contributed by atoms with van der Waals surface area (Å²) in [6, 6.07) is 17.3. The zero-order valence-electron chi connectivity index (χ0n) is 17.9. The number of aromatic carboxylic acids is 1. The van der Waals surface area contributed by atoms with E-state index in [0.717, 1.165) is 21.3 Å². The van der Waals surface area contributed by atoms with Crippen LogP contribution in [0.2, 0.25) is 0 Å². The second kappa shape index (κ2) is 10.4. The van der Waals surface area contributed by atoms with Gasteiger partial charge in [-0.15, -0.1) is 0 Å². The summed E-state index contributed by atoms with van der Waals surface area (Å²) in [6.45, 7) is 7.27. The minimum atomic E-state index is -0.934. The van der Waals surface area contributed by atoms with Crippen LogP contribution >= 0.6 is 15.9 Å². The van der Waals surface area contributed by atoms with Gasteiger partial charge in [-0.2, -0.15) is 0 Å². The molecule has 3 aromatic carbocycles. The fourth-order valence-corrected chi connectivity index (χ4v) is 3.65. The summed E-state index contributed by atoms with van der Waals surface area (Å²) in [5, 5.41) is 12.7. The molecule has 0 aliphatic carbocycles. The molecule has 0 heterocycles. The third-order valence-corrected chi connectivity index (χ3v) is 5.70. The van der Waals surface area contributed by atoms with Gasteiger partial charge in [0.05, 0.1) is 12.2 Å². The maximum atomic E-state index is 11.4. The summed E-state index contributed by atoms with van der Waals surface area (Å²) in [6.07, 6.45) is 0. The standard InChI is InChI=1S/C25H26BrNO4/c1-4-30-23-12-19(14-27-22-7-5-6-20(17(22)3)25(28)29)21(26)13-24(23)31-15-18-10-8-16(2)9-11-18/h5-13,27H,4,14-15H2,1-3H3,(H,28,29). The molecule has 0 aliphatic heterocycles. The normalized spacial score (nSPS) is 10.6. The van der Waals surface area contributed by atoms with E-state index in [1.54, 1.807) is 19.1 Å². The lowest BCUT2D eigenvalue weighted by molar-refractivity contribution is 0.0696. The van der Waals surface area contributed by atoms with Crippen molar-refractivity contribution in [2.45, 2.75) is 33.9 Å². The predicted octanol–water partition coefficient (Wildman–Crippen LogP) is 6.35. The molecule has 0 bridgehead atoms. The van der Waals surface area contributed by atoms with Crippen LogP contribution in [0.4, 0.5) is 5.69 Å². The van der Waals surface area contributed by atoms with E-state index < -0.39 is 5.97 Å². The van der Waals surface area contributed by atoms with Crippen molar-refractivity contribution in [1.82, 2.24) is 0 Å². The van der Waals surface area contributed by atoms with Crippen LogP contribution in [-0.2, 0) is 13.2 Å². The third-order valence-electron chi connectivity index (χ3n) is 4.96. The van der Waals surface area contributed by atoms with Gasteiger partial charge in [-0.3, -0.25) is 0 Å². The van der Waals surface area contributed by atoms with Crippen molar-refractivity contribution >= 4 is 27.6 Å². The Morgan fingerprint density at radius 2 is 1.74 bits per heavy atom. The van der Waals surface area contributed by atoms with Crippen molar-refractivity contribution in [3.05, 3.63) is 86.9 Å². The van der Waals surface area contributed by atoms with Crippen LogP contribution in [0.5, 0.6) is 11.5 Å². The molecule has 0 spiro atoms. The van der Waals surface area contributed by atoms with Crippen LogP contribution in [-0.4, -0.2) is 17.7 Å². The third kappa shape index (κ3) is 5.79. The second-order valence-electron chi connectivity index (χ2n) is 7.23. The molecular formula is C25H26BrNO4. The molecule has 0 atom stereocenters. The number of carbonyl (C=O) groups is 1. The quantitative estimate of drug-likeness (QED) is 0.370. The molecule has 0 aromatic heterocycles. The molecule has 0 aliphatic rings. The van der Waals surface area contributed by atoms with E-state index >= 15 is 0 Å². The van der Waals surface area contributed by atoms with Crippen LogP contribution < -0.4 is 14.8 Å². The number of aryl methyl sites for hydroxylation is 1. The van der Waals surface area contributed by atoms with Crippen LogP contribution in [0.25, 0.3) is 0 Å². The molecule has 0 saturated carbocycles. The number of rotatable bonds is 9. The Balaban J connectivity index is 1.77. The van der Waals surface area contributed by atoms with Gasteiger partial charge < -0.3 is 19.9 Å². The minimum Gasteiger partial charge on any atom is -0.490 e. The van der Waals surface area contributed by atoms with Crippen molar-refractivity contribution in [3.63, 3.8) is 0 Å². The van der Waals surface area contributed by atoms with E-state index in [-0.39, 0.29) is 0 Å². The Hall–Kier alpha value is -2.99. The molecule has 0 fully saturated rings. The Labute approximate surface area is 191 Å². The van der Waals surface area contributed by atoms with Gasteiger partial charge in [0.25, 0.3) is 0 Å². The molecule has 0 unspecified atom stereocenters. The lowest BCUT2D eigenvalue weighted by Gasteiger charge is -2.17. The Morgan fingerprint density at radius 1 is 1.03 bits per heavy atom. The van der Waals surface area contributed by atoms with Gasteiger partial charge in [-0.1, -0.05) is 51.8 Å². The van der Waals surface area contributed by atoms with E-state index in [9.17, 15) is 9.90 Å². The van der Waals surface area contributed by atoms with Gasteiger partial charge in [0.15, 0.2) is 11.5 Å². The SMILES string of the molecule is CCOc1cc(CNc2cccc(C(=O)O)c2C)c(Br)cc1OCc1ccc(C)cc1. The van der Waals surface area contributed by atoms with Crippen LogP contribution in [0.15, 0.2) is 59.1 Å². The van der Waals surface area contributed by atoms with Gasteiger partial charge in [-0.25, -0.2) is 4.79 Å². The fraction of sp³-hybridized carbons (Fsp3) is 0.240. The summed E-state index contributed by atoms with van der Waals surface area (Å²) in [5.74, 6) is 0.406. The summed E-state index contributed by atoms with van der Waals surface area (Å²) in [7, 11) is 0. The first-order chi connectivity index (χ1) is 14.9. The lowest BCUT2D eigenvalue weighted by atomic mass is 10.1. The highest BCUT2D eigenvalue weighted by Crippen LogP contribution is 2.35. The molecule has 3 aromatic rings. The number of hydrogen-bond acceptors (Lipinski definition) is 4. The van der Waals surface area contributed by atoms with E-state index in [4.69, 9.17) is 9.47 Å². The fourth-order valence-electron chi connectivity index (χ4n) is 3.19. The maximum Gasteiger partial charge on any atom is 0.336 e. The second-order valence-corrected chi connectivity index (χ2v) is 8.09. The van der Waals surface area contributed by atoms with Gasteiger partial charge in [-0.05, 0) is 61.7 Å². The number of anilines is 1. The molecule has 2 N–H and O–H groups in total. The lowest BCUT2D eigenvalue weighted by Crippen LogP contribution is -2.07. The average Bonchev–Trinajstić information content (AvgIpc) is 2.74. The molecular weight excluding hydrogens is 458 g/mol. The predicted molar refractivity (Wildman–Crippen MR) is 126 cm³/mol. The summed E-state index contributed by atoms with van der Waals surface area (Å²) >= 11 is 3.63. The topological polar surface area (TPSA) is 67.8 Å². The summed E-state index contributed by atoms with van der Waals surface area (Å²) < 4.78 is 12.7. The van der Waals surface area contributed by atoms with Crippen LogP contribution in [0.1, 0.15) is 39.5 Å². The zero-order valence-corrected chi connectivity index (χ0v) is 19.5. The van der Waals surface area contributed by atoms with Crippen molar-refractivity contribution in [1.29, 1.82) is 0 Å². The Kier molecular flexibility index (Phi) is 7.58. The van der Waals surface area contributed by atoms with Gasteiger partial charge in [0, 0.05) is 16.7 Å². The first kappa shape index (κ1) is 22.7.